The van der Waals surface area contributed by atoms with E-state index in [9.17, 15) is 18.0 Å². The van der Waals surface area contributed by atoms with Gasteiger partial charge in [0.1, 0.15) is 0 Å². The molecule has 0 bridgehead atoms. The number of carbonyl (C=O) groups excluding carboxylic acids is 1. The van der Waals surface area contributed by atoms with E-state index in [0.717, 1.165) is 6.07 Å². The molecule has 0 fully saturated rings. The molecule has 3 aromatic carbocycles. The third-order valence-electron chi connectivity index (χ3n) is 4.17. The van der Waals surface area contributed by atoms with Crippen LogP contribution in [0.5, 0.6) is 0 Å². The molecule has 6 heteroatoms. The Kier molecular flexibility index (Phi) is 4.90. The van der Waals surface area contributed by atoms with E-state index in [2.05, 4.69) is 5.32 Å². The van der Waals surface area contributed by atoms with E-state index in [0.29, 0.717) is 22.5 Å². The Hall–Kier alpha value is -3.28. The van der Waals surface area contributed by atoms with Crippen LogP contribution in [0.4, 0.5) is 24.5 Å². The van der Waals surface area contributed by atoms with Crippen LogP contribution in [0.25, 0.3) is 11.1 Å². The molecule has 1 amide bonds. The molecular formula is C21H17F3N2O. The van der Waals surface area contributed by atoms with Crippen LogP contribution in [-0.4, -0.2) is 5.91 Å². The lowest BCUT2D eigenvalue weighted by Gasteiger charge is -2.17. The summed E-state index contributed by atoms with van der Waals surface area (Å²) in [4.78, 5) is 12.8. The maximum Gasteiger partial charge on any atom is 0.416 e. The predicted molar refractivity (Wildman–Crippen MR) is 100 cm³/mol. The Morgan fingerprint density at radius 2 is 1.59 bits per heavy atom. The second kappa shape index (κ2) is 7.15. The summed E-state index contributed by atoms with van der Waals surface area (Å²) in [5.41, 5.74) is 6.87. The number of hydrogen-bond donors (Lipinski definition) is 2. The van der Waals surface area contributed by atoms with Crippen molar-refractivity contribution in [2.75, 3.05) is 11.1 Å². The van der Waals surface area contributed by atoms with Gasteiger partial charge in [0.05, 0.1) is 5.56 Å². The van der Waals surface area contributed by atoms with Gasteiger partial charge in [-0.3, -0.25) is 4.79 Å². The molecule has 0 aliphatic carbocycles. The number of alkyl halides is 3. The van der Waals surface area contributed by atoms with E-state index in [1.807, 2.05) is 0 Å². The van der Waals surface area contributed by atoms with Crippen molar-refractivity contribution in [2.45, 2.75) is 13.1 Å². The summed E-state index contributed by atoms with van der Waals surface area (Å²) < 4.78 is 40.1. The largest absolute Gasteiger partial charge is 0.416 e. The monoisotopic (exact) mass is 370 g/mol. The molecule has 0 aromatic heterocycles. The molecule has 0 atom stereocenters. The zero-order valence-electron chi connectivity index (χ0n) is 14.5. The fourth-order valence-electron chi connectivity index (χ4n) is 2.82. The SMILES string of the molecule is Cc1cc(-c2ccccc2)c(C(=O)Nc2ccc(N)cc2)cc1C(F)(F)F. The molecule has 0 heterocycles. The molecule has 0 saturated heterocycles. The molecule has 0 radical (unpaired) electrons. The molecule has 0 aliphatic rings. The zero-order valence-corrected chi connectivity index (χ0v) is 14.5. The summed E-state index contributed by atoms with van der Waals surface area (Å²) in [5.74, 6) is -0.621. The summed E-state index contributed by atoms with van der Waals surface area (Å²) >= 11 is 0. The van der Waals surface area contributed by atoms with Gasteiger partial charge in [0.25, 0.3) is 5.91 Å². The maximum atomic E-state index is 13.4. The van der Waals surface area contributed by atoms with Crippen molar-refractivity contribution in [3.8, 4) is 11.1 Å². The number of anilines is 2. The molecule has 0 unspecified atom stereocenters. The van der Waals surface area contributed by atoms with Gasteiger partial charge in [0, 0.05) is 16.9 Å². The minimum atomic E-state index is -4.55. The summed E-state index contributed by atoms with van der Waals surface area (Å²) in [6.45, 7) is 1.39. The second-order valence-corrected chi connectivity index (χ2v) is 6.15. The second-order valence-electron chi connectivity index (χ2n) is 6.15. The van der Waals surface area contributed by atoms with Gasteiger partial charge in [-0.1, -0.05) is 36.4 Å². The van der Waals surface area contributed by atoms with Crippen molar-refractivity contribution in [1.82, 2.24) is 0 Å². The number of amides is 1. The number of aryl methyl sites for hydroxylation is 1. The summed E-state index contributed by atoms with van der Waals surface area (Å²) in [6.07, 6.45) is -4.55. The minimum absolute atomic E-state index is 0.0454. The van der Waals surface area contributed by atoms with Crippen molar-refractivity contribution in [2.24, 2.45) is 0 Å². The van der Waals surface area contributed by atoms with Crippen LogP contribution in [-0.2, 0) is 6.18 Å². The first-order valence-electron chi connectivity index (χ1n) is 8.20. The third-order valence-corrected chi connectivity index (χ3v) is 4.17. The van der Waals surface area contributed by atoms with E-state index in [4.69, 9.17) is 5.73 Å². The van der Waals surface area contributed by atoms with Crippen molar-refractivity contribution in [3.05, 3.63) is 83.4 Å². The number of halogens is 3. The highest BCUT2D eigenvalue weighted by molar-refractivity contribution is 6.09. The molecular weight excluding hydrogens is 353 g/mol. The number of nitrogens with one attached hydrogen (secondary N) is 1. The molecule has 138 valence electrons. The Morgan fingerprint density at radius 1 is 0.963 bits per heavy atom. The zero-order chi connectivity index (χ0) is 19.6. The van der Waals surface area contributed by atoms with E-state index in [-0.39, 0.29) is 11.1 Å². The fraction of sp³-hybridized carbons (Fsp3) is 0.0952. The molecule has 3 N–H and O–H groups in total. The number of benzene rings is 3. The first kappa shape index (κ1) is 18.5. The Labute approximate surface area is 154 Å². The lowest BCUT2D eigenvalue weighted by molar-refractivity contribution is -0.138. The van der Waals surface area contributed by atoms with Crippen LogP contribution in [0.1, 0.15) is 21.5 Å². The molecule has 27 heavy (non-hydrogen) atoms. The van der Waals surface area contributed by atoms with E-state index in [1.165, 1.54) is 13.0 Å². The Balaban J connectivity index is 2.10. The lowest BCUT2D eigenvalue weighted by atomic mass is 9.93. The summed E-state index contributed by atoms with van der Waals surface area (Å²) in [7, 11) is 0. The van der Waals surface area contributed by atoms with Gasteiger partial charge in [-0.05, 0) is 53.9 Å². The topological polar surface area (TPSA) is 55.1 Å². The highest BCUT2D eigenvalue weighted by Crippen LogP contribution is 2.36. The quantitative estimate of drug-likeness (QED) is 0.597. The maximum absolute atomic E-state index is 13.4. The van der Waals surface area contributed by atoms with Gasteiger partial charge < -0.3 is 11.1 Å². The van der Waals surface area contributed by atoms with Gasteiger partial charge in [0.2, 0.25) is 0 Å². The van der Waals surface area contributed by atoms with Crippen molar-refractivity contribution < 1.29 is 18.0 Å². The molecule has 3 rings (SSSR count). The number of hydrogen-bond acceptors (Lipinski definition) is 2. The smallest absolute Gasteiger partial charge is 0.399 e. The van der Waals surface area contributed by atoms with Crippen LogP contribution in [0, 0.1) is 6.92 Å². The van der Waals surface area contributed by atoms with Crippen LogP contribution in [0.3, 0.4) is 0 Å². The first-order valence-corrected chi connectivity index (χ1v) is 8.20. The average molecular weight is 370 g/mol. The van der Waals surface area contributed by atoms with E-state index < -0.39 is 17.6 Å². The molecule has 0 spiro atoms. The van der Waals surface area contributed by atoms with Crippen LogP contribution >= 0.6 is 0 Å². The van der Waals surface area contributed by atoms with E-state index in [1.54, 1.807) is 54.6 Å². The minimum Gasteiger partial charge on any atom is -0.399 e. The normalized spacial score (nSPS) is 11.3. The number of carbonyl (C=O) groups is 1. The van der Waals surface area contributed by atoms with Crippen molar-refractivity contribution >= 4 is 17.3 Å². The van der Waals surface area contributed by atoms with E-state index >= 15 is 0 Å². The van der Waals surface area contributed by atoms with Crippen molar-refractivity contribution in [3.63, 3.8) is 0 Å². The molecule has 3 aromatic rings. The average Bonchev–Trinajstić information content (AvgIpc) is 2.63. The van der Waals surface area contributed by atoms with Crippen LogP contribution in [0.2, 0.25) is 0 Å². The summed E-state index contributed by atoms with van der Waals surface area (Å²) in [5, 5.41) is 2.63. The fourth-order valence-corrected chi connectivity index (χ4v) is 2.82. The van der Waals surface area contributed by atoms with Gasteiger partial charge >= 0.3 is 6.18 Å². The third kappa shape index (κ3) is 4.11. The lowest BCUT2D eigenvalue weighted by Crippen LogP contribution is -2.16. The van der Waals surface area contributed by atoms with Gasteiger partial charge in [0.15, 0.2) is 0 Å². The Morgan fingerprint density at radius 3 is 2.19 bits per heavy atom. The van der Waals surface area contributed by atoms with Crippen LogP contribution in [0.15, 0.2) is 66.7 Å². The summed E-state index contributed by atoms with van der Waals surface area (Å²) in [6, 6.07) is 17.5. The highest BCUT2D eigenvalue weighted by atomic mass is 19.4. The molecule has 0 aliphatic heterocycles. The van der Waals surface area contributed by atoms with Gasteiger partial charge in [-0.2, -0.15) is 13.2 Å². The Bertz CT molecular complexity index is 965. The number of nitrogen functional groups attached to an aromatic ring is 1. The highest BCUT2D eigenvalue weighted by Gasteiger charge is 2.34. The predicted octanol–water partition coefficient (Wildman–Crippen LogP) is 5.52. The number of nitrogens with two attached hydrogens (primary N) is 1. The number of rotatable bonds is 3. The molecule has 0 saturated carbocycles. The van der Waals surface area contributed by atoms with Crippen LogP contribution < -0.4 is 11.1 Å². The van der Waals surface area contributed by atoms with Gasteiger partial charge in [-0.15, -0.1) is 0 Å². The van der Waals surface area contributed by atoms with Crippen molar-refractivity contribution in [1.29, 1.82) is 0 Å². The molecule has 3 nitrogen and oxygen atoms in total. The van der Waals surface area contributed by atoms with Gasteiger partial charge in [-0.25, -0.2) is 0 Å². The standard InChI is InChI=1S/C21H17F3N2O/c1-13-11-17(14-5-3-2-4-6-14)18(12-19(13)21(22,23)24)20(27)26-16-9-7-15(25)8-10-16/h2-12H,25H2,1H3,(H,26,27). The first-order chi connectivity index (χ1) is 12.8.